The molecule has 38 heavy (non-hydrogen) atoms. The first-order valence-electron chi connectivity index (χ1n) is 11.6. The van der Waals surface area contributed by atoms with Crippen LogP contribution in [0.4, 0.5) is 17.1 Å². The number of benzene rings is 4. The molecular weight excluding hydrogens is 484 g/mol. The molecule has 0 atom stereocenters. The molecule has 10 nitrogen and oxygen atoms in total. The summed E-state index contributed by atoms with van der Waals surface area (Å²) < 4.78 is 0. The number of aromatic nitrogens is 2. The molecule has 186 valence electrons. The van der Waals surface area contributed by atoms with Gasteiger partial charge in [0.05, 0.1) is 21.9 Å². The highest BCUT2D eigenvalue weighted by atomic mass is 16.6. The minimum atomic E-state index is -0.426. The van der Waals surface area contributed by atoms with E-state index in [1.54, 1.807) is 24.4 Å². The van der Waals surface area contributed by atoms with Gasteiger partial charge in [-0.1, -0.05) is 60.7 Å². The van der Waals surface area contributed by atoms with Crippen LogP contribution in [0.2, 0.25) is 0 Å². The second kappa shape index (κ2) is 10.6. The summed E-state index contributed by atoms with van der Waals surface area (Å²) >= 11 is 0. The third kappa shape index (κ3) is 5.34. The zero-order valence-corrected chi connectivity index (χ0v) is 19.9. The van der Waals surface area contributed by atoms with Gasteiger partial charge in [-0.05, 0) is 12.1 Å². The van der Waals surface area contributed by atoms with Gasteiger partial charge in [-0.25, -0.2) is 9.97 Å². The van der Waals surface area contributed by atoms with Crippen molar-refractivity contribution in [3.63, 3.8) is 0 Å². The first-order chi connectivity index (χ1) is 18.5. The fourth-order valence-electron chi connectivity index (χ4n) is 3.90. The monoisotopic (exact) mass is 504 g/mol. The average molecular weight is 505 g/mol. The van der Waals surface area contributed by atoms with Crippen LogP contribution >= 0.6 is 0 Å². The Kier molecular flexibility index (Phi) is 6.77. The fraction of sp³-hybridized carbons (Fsp3) is 0.0357. The number of anilines is 1. The molecule has 0 radical (unpaired) electrons. The highest BCUT2D eigenvalue weighted by molar-refractivity contribution is 6.09. The summed E-state index contributed by atoms with van der Waals surface area (Å²) in [4.78, 5) is 33.7. The van der Waals surface area contributed by atoms with Gasteiger partial charge in [0, 0.05) is 58.2 Å². The number of hydrogen-bond acceptors (Lipinski definition) is 8. The minimum absolute atomic E-state index is 0.0450. The Morgan fingerprint density at radius 1 is 0.737 bits per heavy atom. The molecule has 1 aliphatic heterocycles. The third-order valence-corrected chi connectivity index (χ3v) is 5.81. The minimum Gasteiger partial charge on any atom is -0.340 e. The summed E-state index contributed by atoms with van der Waals surface area (Å²) in [5, 5.41) is 25.3. The molecule has 0 fully saturated rings. The molecule has 10 heteroatoms. The third-order valence-electron chi connectivity index (χ3n) is 5.81. The van der Waals surface area contributed by atoms with Crippen molar-refractivity contribution in [2.75, 3.05) is 5.32 Å². The first kappa shape index (κ1) is 24.2. The van der Waals surface area contributed by atoms with Crippen molar-refractivity contribution >= 4 is 33.8 Å². The quantitative estimate of drug-likeness (QED) is 0.228. The summed E-state index contributed by atoms with van der Waals surface area (Å²) in [6.45, 7) is 0.453. The van der Waals surface area contributed by atoms with Gasteiger partial charge in [0.2, 0.25) is 0 Å². The van der Waals surface area contributed by atoms with Crippen molar-refractivity contribution in [1.29, 1.82) is 0 Å². The maximum Gasteiger partial charge on any atom is 0.270 e. The van der Waals surface area contributed by atoms with E-state index >= 15 is 0 Å². The van der Waals surface area contributed by atoms with Crippen molar-refractivity contribution in [2.45, 2.75) is 6.54 Å². The lowest BCUT2D eigenvalue weighted by atomic mass is 10.1. The van der Waals surface area contributed by atoms with E-state index < -0.39 is 9.85 Å². The number of rotatable bonds is 4. The largest absolute Gasteiger partial charge is 0.340 e. The molecule has 0 spiro atoms. The highest BCUT2D eigenvalue weighted by Crippen LogP contribution is 2.26. The van der Waals surface area contributed by atoms with Crippen molar-refractivity contribution in [3.8, 4) is 11.4 Å². The van der Waals surface area contributed by atoms with Crippen molar-refractivity contribution < 1.29 is 9.85 Å². The number of fused-ring (bicyclic) bond motifs is 2. The second-order valence-corrected chi connectivity index (χ2v) is 8.31. The maximum absolute atomic E-state index is 10.7. The molecule has 5 aromatic rings. The zero-order chi connectivity index (χ0) is 26.5. The standard InChI is InChI=1S/C14H11N3O2.C14H9N3O2/c2*18-17(19)12-6-7-13-11(8-12)9-15-14(16-13)10-4-2-1-3-5-10/h1-8H,9H2,(H,15,16);1-9H. The molecule has 0 saturated carbocycles. The van der Waals surface area contributed by atoms with Crippen molar-refractivity contribution in [3.05, 3.63) is 135 Å². The molecule has 1 aromatic heterocycles. The SMILES string of the molecule is O=[N+]([O-])c1ccc2c(c1)CN=C(c1ccccc1)N2.O=[N+]([O-])c1ccc2nc(-c3ccccc3)ncc2c1. The summed E-state index contributed by atoms with van der Waals surface area (Å²) in [6.07, 6.45) is 1.61. The predicted octanol–water partition coefficient (Wildman–Crippen LogP) is 6.17. The van der Waals surface area contributed by atoms with Crippen LogP contribution in [0.25, 0.3) is 22.3 Å². The van der Waals surface area contributed by atoms with Crippen LogP contribution < -0.4 is 5.32 Å². The molecule has 0 bridgehead atoms. The van der Waals surface area contributed by atoms with E-state index in [1.807, 2.05) is 60.7 Å². The summed E-state index contributed by atoms with van der Waals surface area (Å²) in [6, 6.07) is 28.8. The molecule has 0 amide bonds. The Morgan fingerprint density at radius 2 is 1.37 bits per heavy atom. The Morgan fingerprint density at radius 3 is 2.05 bits per heavy atom. The van der Waals surface area contributed by atoms with E-state index in [0.29, 0.717) is 23.3 Å². The Hall–Kier alpha value is -5.51. The Bertz CT molecular complexity index is 1670. The molecule has 0 saturated heterocycles. The highest BCUT2D eigenvalue weighted by Gasteiger charge is 2.16. The fourth-order valence-corrected chi connectivity index (χ4v) is 3.90. The van der Waals surface area contributed by atoms with Gasteiger partial charge < -0.3 is 5.32 Å². The molecular formula is C28H20N6O4. The van der Waals surface area contributed by atoms with E-state index in [-0.39, 0.29) is 11.4 Å². The lowest BCUT2D eigenvalue weighted by Crippen LogP contribution is -2.18. The first-order valence-corrected chi connectivity index (χ1v) is 11.6. The molecule has 1 N–H and O–H groups in total. The van der Waals surface area contributed by atoms with Gasteiger partial charge in [0.15, 0.2) is 5.82 Å². The summed E-state index contributed by atoms with van der Waals surface area (Å²) in [7, 11) is 0. The van der Waals surface area contributed by atoms with Crippen LogP contribution in [0, 0.1) is 20.2 Å². The van der Waals surface area contributed by atoms with Crippen LogP contribution in [0.5, 0.6) is 0 Å². The predicted molar refractivity (Wildman–Crippen MR) is 145 cm³/mol. The van der Waals surface area contributed by atoms with Gasteiger partial charge in [-0.2, -0.15) is 0 Å². The normalized spacial score (nSPS) is 11.8. The smallest absolute Gasteiger partial charge is 0.270 e. The molecule has 1 aliphatic rings. The lowest BCUT2D eigenvalue weighted by Gasteiger charge is -2.18. The van der Waals surface area contributed by atoms with Gasteiger partial charge in [-0.3, -0.25) is 25.2 Å². The number of amidine groups is 1. The van der Waals surface area contributed by atoms with Gasteiger partial charge >= 0.3 is 0 Å². The van der Waals surface area contributed by atoms with Crippen molar-refractivity contribution in [1.82, 2.24) is 9.97 Å². The van der Waals surface area contributed by atoms with Crippen LogP contribution in [0.3, 0.4) is 0 Å². The molecule has 0 unspecified atom stereocenters. The second-order valence-electron chi connectivity index (χ2n) is 8.31. The van der Waals surface area contributed by atoms with E-state index in [4.69, 9.17) is 0 Å². The number of nitrogens with zero attached hydrogens (tertiary/aromatic N) is 5. The van der Waals surface area contributed by atoms with Crippen LogP contribution in [-0.4, -0.2) is 25.7 Å². The van der Waals surface area contributed by atoms with E-state index in [0.717, 1.165) is 28.2 Å². The number of nitro groups is 2. The number of nitro benzene ring substituents is 2. The number of aliphatic imine (C=N–C) groups is 1. The number of hydrogen-bond donors (Lipinski definition) is 1. The molecule has 6 rings (SSSR count). The van der Waals surface area contributed by atoms with E-state index in [9.17, 15) is 20.2 Å². The average Bonchev–Trinajstić information content (AvgIpc) is 2.97. The van der Waals surface area contributed by atoms with Crippen LogP contribution in [0.15, 0.2) is 108 Å². The van der Waals surface area contributed by atoms with Crippen LogP contribution in [0.1, 0.15) is 11.1 Å². The van der Waals surface area contributed by atoms with E-state index in [2.05, 4.69) is 20.3 Å². The number of nitrogens with one attached hydrogen (secondary N) is 1. The molecule has 2 heterocycles. The number of non-ortho nitro benzene ring substituents is 2. The topological polar surface area (TPSA) is 136 Å². The van der Waals surface area contributed by atoms with Crippen molar-refractivity contribution in [2.24, 2.45) is 4.99 Å². The van der Waals surface area contributed by atoms with Gasteiger partial charge in [-0.15, -0.1) is 0 Å². The summed E-state index contributed by atoms with van der Waals surface area (Å²) in [5.74, 6) is 1.41. The van der Waals surface area contributed by atoms with E-state index in [1.165, 1.54) is 18.2 Å². The maximum atomic E-state index is 10.7. The van der Waals surface area contributed by atoms with Crippen LogP contribution in [-0.2, 0) is 6.54 Å². The molecule has 4 aromatic carbocycles. The Labute approximate surface area is 216 Å². The summed E-state index contributed by atoms with van der Waals surface area (Å²) in [5.41, 5.74) is 4.48. The van der Waals surface area contributed by atoms with Gasteiger partial charge in [0.25, 0.3) is 11.4 Å². The lowest BCUT2D eigenvalue weighted by molar-refractivity contribution is -0.385. The zero-order valence-electron chi connectivity index (χ0n) is 19.9. The van der Waals surface area contributed by atoms with Gasteiger partial charge in [0.1, 0.15) is 5.84 Å². The molecule has 0 aliphatic carbocycles. The Balaban J connectivity index is 0.000000155.